The molecule has 0 aromatic carbocycles. The number of aliphatic hydroxyl groups excluding tert-OH is 2. The van der Waals surface area contributed by atoms with Gasteiger partial charge in [0.05, 0.1) is 18.8 Å². The van der Waals surface area contributed by atoms with Crippen molar-refractivity contribution in [1.29, 1.82) is 0 Å². The predicted molar refractivity (Wildman–Crippen MR) is 228 cm³/mol. The molecule has 0 aliphatic heterocycles. The summed E-state index contributed by atoms with van der Waals surface area (Å²) in [6.07, 6.45) is 47.4. The van der Waals surface area contributed by atoms with Crippen molar-refractivity contribution in [2.24, 2.45) is 0 Å². The summed E-state index contributed by atoms with van der Waals surface area (Å²) in [5.74, 6) is -1.09. The molecule has 0 fully saturated rings. The standard InChI is InChI=1S/C45H71O10P/c1-3-5-7-8-9-10-11-12-13-14-15-16-17-18-19-23-31-37-44(48)53-39-43(40-54-56(50,51)52)55-45(49)38-32-24-21-20-22-28-34-42(47)36-30-26-25-29-35-41(46)33-27-6-4-2/h6,9-10,12-13,15-16,21-22,24-30,35-36,41-43,46-47H,3-5,7-8,11,14,17-20,23,31-34,37-40H2,1-2H3,(H2,50,51,52)/b10-9-,13-12-,16-15-,24-21-,26-25-,27-6-,28-22-,35-29+,36-30+/t41-,42+,43+/m0/s1. The molecule has 0 aliphatic rings. The Balaban J connectivity index is 4.26. The molecule has 0 bridgehead atoms. The lowest BCUT2D eigenvalue weighted by Gasteiger charge is -2.18. The van der Waals surface area contributed by atoms with Crippen molar-refractivity contribution in [2.75, 3.05) is 13.2 Å². The van der Waals surface area contributed by atoms with Gasteiger partial charge in [0.15, 0.2) is 6.10 Å². The van der Waals surface area contributed by atoms with Crippen LogP contribution in [0.4, 0.5) is 0 Å². The van der Waals surface area contributed by atoms with Crippen LogP contribution in [0, 0.1) is 0 Å². The molecule has 10 nitrogen and oxygen atoms in total. The Bertz CT molecular complexity index is 1300. The van der Waals surface area contributed by atoms with Crippen LogP contribution in [-0.4, -0.2) is 63.5 Å². The quantitative estimate of drug-likeness (QED) is 0.0160. The fraction of sp³-hybridized carbons (Fsp3) is 0.556. The number of carbonyl (C=O) groups excluding carboxylic acids is 2. The zero-order valence-electron chi connectivity index (χ0n) is 34.0. The van der Waals surface area contributed by atoms with Crippen LogP contribution in [-0.2, 0) is 28.2 Å². The summed E-state index contributed by atoms with van der Waals surface area (Å²) in [5, 5.41) is 19.9. The summed E-state index contributed by atoms with van der Waals surface area (Å²) in [5.41, 5.74) is 0. The Kier molecular flexibility index (Phi) is 36.2. The highest BCUT2D eigenvalue weighted by Crippen LogP contribution is 2.35. The van der Waals surface area contributed by atoms with Crippen molar-refractivity contribution >= 4 is 19.8 Å². The van der Waals surface area contributed by atoms with Gasteiger partial charge < -0.3 is 29.5 Å². The first-order valence-corrected chi connectivity index (χ1v) is 21.9. The maximum atomic E-state index is 12.4. The Morgan fingerprint density at radius 1 is 0.571 bits per heavy atom. The number of phosphoric acid groups is 1. The van der Waals surface area contributed by atoms with E-state index >= 15 is 0 Å². The van der Waals surface area contributed by atoms with E-state index in [2.05, 4.69) is 47.9 Å². The number of phosphoric ester groups is 1. The van der Waals surface area contributed by atoms with Gasteiger partial charge in [0.1, 0.15) is 6.61 Å². The van der Waals surface area contributed by atoms with Crippen molar-refractivity contribution in [3.8, 4) is 0 Å². The number of esters is 2. The van der Waals surface area contributed by atoms with Crippen molar-refractivity contribution in [3.05, 3.63) is 109 Å². The number of allylic oxidation sites excluding steroid dienone is 14. The number of ether oxygens (including phenoxy) is 2. The van der Waals surface area contributed by atoms with Gasteiger partial charge in [0, 0.05) is 12.8 Å². The number of carbonyl (C=O) groups is 2. The molecule has 0 saturated carbocycles. The van der Waals surface area contributed by atoms with E-state index in [1.54, 1.807) is 36.5 Å². The van der Waals surface area contributed by atoms with Crippen molar-refractivity contribution in [2.45, 2.75) is 148 Å². The minimum Gasteiger partial charge on any atom is -0.462 e. The number of aliphatic hydroxyl groups is 2. The lowest BCUT2D eigenvalue weighted by Crippen LogP contribution is -2.29. The lowest BCUT2D eigenvalue weighted by atomic mass is 10.1. The van der Waals surface area contributed by atoms with E-state index in [1.165, 1.54) is 19.3 Å². The highest BCUT2D eigenvalue weighted by molar-refractivity contribution is 7.46. The number of rotatable bonds is 35. The number of hydrogen-bond donors (Lipinski definition) is 4. The Morgan fingerprint density at radius 3 is 1.66 bits per heavy atom. The third kappa shape index (κ3) is 40.3. The van der Waals surface area contributed by atoms with Gasteiger partial charge in [-0.2, -0.15) is 0 Å². The van der Waals surface area contributed by atoms with Gasteiger partial charge in [-0.05, 0) is 77.0 Å². The minimum absolute atomic E-state index is 0.0182. The van der Waals surface area contributed by atoms with E-state index in [0.717, 1.165) is 51.4 Å². The van der Waals surface area contributed by atoms with Crippen LogP contribution < -0.4 is 0 Å². The average Bonchev–Trinajstić information content (AvgIpc) is 3.16. The van der Waals surface area contributed by atoms with Gasteiger partial charge in [-0.25, -0.2) is 4.57 Å². The second-order valence-electron chi connectivity index (χ2n) is 13.3. The molecule has 0 saturated heterocycles. The SMILES string of the molecule is CC/C=C\C[C@H](O)/C=C/C=C\C=C\[C@H](O)C/C=C\C/C=C\CCC(=O)O[C@H](COC(=O)CCCCCC/C=C\C/C=C\C/C=C\CCCCC)COP(=O)(O)O. The molecular formula is C45H71O10P. The molecule has 3 atom stereocenters. The third-order valence-electron chi connectivity index (χ3n) is 7.96. The summed E-state index contributed by atoms with van der Waals surface area (Å²) in [6.45, 7) is 3.28. The lowest BCUT2D eigenvalue weighted by molar-refractivity contribution is -0.161. The first-order chi connectivity index (χ1) is 27.1. The van der Waals surface area contributed by atoms with Crippen LogP contribution in [0.25, 0.3) is 0 Å². The minimum atomic E-state index is -4.82. The smallest absolute Gasteiger partial charge is 0.462 e. The molecule has 0 aromatic rings. The third-order valence-corrected chi connectivity index (χ3v) is 8.44. The summed E-state index contributed by atoms with van der Waals surface area (Å²) in [6, 6.07) is 0. The van der Waals surface area contributed by atoms with Gasteiger partial charge in [-0.1, -0.05) is 149 Å². The van der Waals surface area contributed by atoms with Crippen LogP contribution in [0.1, 0.15) is 129 Å². The van der Waals surface area contributed by atoms with Gasteiger partial charge in [0.2, 0.25) is 0 Å². The topological polar surface area (TPSA) is 160 Å². The Labute approximate surface area is 337 Å². The predicted octanol–water partition coefficient (Wildman–Crippen LogP) is 10.3. The molecule has 0 spiro atoms. The first-order valence-electron chi connectivity index (χ1n) is 20.4. The van der Waals surface area contributed by atoms with Crippen molar-refractivity contribution < 1.29 is 48.2 Å². The van der Waals surface area contributed by atoms with E-state index in [0.29, 0.717) is 32.1 Å². The van der Waals surface area contributed by atoms with E-state index in [-0.39, 0.29) is 19.4 Å². The van der Waals surface area contributed by atoms with Crippen molar-refractivity contribution in [1.82, 2.24) is 0 Å². The van der Waals surface area contributed by atoms with Gasteiger partial charge in [-0.15, -0.1) is 0 Å². The average molecular weight is 803 g/mol. The molecule has 0 heterocycles. The van der Waals surface area contributed by atoms with Gasteiger partial charge >= 0.3 is 19.8 Å². The van der Waals surface area contributed by atoms with Gasteiger partial charge in [-0.3, -0.25) is 14.1 Å². The molecule has 11 heteroatoms. The van der Waals surface area contributed by atoms with Crippen LogP contribution in [0.3, 0.4) is 0 Å². The van der Waals surface area contributed by atoms with Gasteiger partial charge in [0.25, 0.3) is 0 Å². The molecule has 0 unspecified atom stereocenters. The normalized spacial score (nSPS) is 14.8. The molecule has 0 aromatic heterocycles. The van der Waals surface area contributed by atoms with Crippen LogP contribution in [0.2, 0.25) is 0 Å². The summed E-state index contributed by atoms with van der Waals surface area (Å²) < 4.78 is 26.2. The van der Waals surface area contributed by atoms with E-state index in [4.69, 9.17) is 19.3 Å². The fourth-order valence-corrected chi connectivity index (χ4v) is 5.23. The fourth-order valence-electron chi connectivity index (χ4n) is 4.87. The monoisotopic (exact) mass is 802 g/mol. The molecule has 0 amide bonds. The van der Waals surface area contributed by atoms with E-state index in [1.807, 2.05) is 43.4 Å². The zero-order valence-corrected chi connectivity index (χ0v) is 34.8. The van der Waals surface area contributed by atoms with Crippen LogP contribution in [0.5, 0.6) is 0 Å². The zero-order chi connectivity index (χ0) is 41.4. The number of hydrogen-bond acceptors (Lipinski definition) is 8. The largest absolute Gasteiger partial charge is 0.469 e. The molecule has 0 rings (SSSR count). The first kappa shape index (κ1) is 52.6. The molecule has 0 aliphatic carbocycles. The van der Waals surface area contributed by atoms with Crippen LogP contribution >= 0.6 is 7.82 Å². The highest BCUT2D eigenvalue weighted by atomic mass is 31.2. The number of unbranched alkanes of at least 4 members (excludes halogenated alkanes) is 7. The highest BCUT2D eigenvalue weighted by Gasteiger charge is 2.22. The molecule has 4 N–H and O–H groups in total. The summed E-state index contributed by atoms with van der Waals surface area (Å²) in [4.78, 5) is 42.8. The molecule has 56 heavy (non-hydrogen) atoms. The molecular weight excluding hydrogens is 731 g/mol. The molecule has 0 radical (unpaired) electrons. The summed E-state index contributed by atoms with van der Waals surface area (Å²) >= 11 is 0. The summed E-state index contributed by atoms with van der Waals surface area (Å²) in [7, 11) is -4.82. The second-order valence-corrected chi connectivity index (χ2v) is 14.5. The Morgan fingerprint density at radius 2 is 1.09 bits per heavy atom. The van der Waals surface area contributed by atoms with E-state index in [9.17, 15) is 24.4 Å². The van der Waals surface area contributed by atoms with Crippen LogP contribution in [0.15, 0.2) is 109 Å². The van der Waals surface area contributed by atoms with E-state index < -0.39 is 44.7 Å². The Hall–Kier alpha value is -3.37. The molecule has 316 valence electrons. The maximum absolute atomic E-state index is 12.4. The maximum Gasteiger partial charge on any atom is 0.469 e. The second kappa shape index (κ2) is 38.5. The van der Waals surface area contributed by atoms with Crippen molar-refractivity contribution in [3.63, 3.8) is 0 Å².